The number of fused-ring (bicyclic) bond motifs is 1. The first kappa shape index (κ1) is 28.3. The van der Waals surface area contributed by atoms with Crippen molar-refractivity contribution in [3.8, 4) is 0 Å². The molecule has 172 valence electrons. The zero-order valence-corrected chi connectivity index (χ0v) is 20.5. The quantitative estimate of drug-likeness (QED) is 0.436. The first-order valence-electron chi connectivity index (χ1n) is 11.3. The van der Waals surface area contributed by atoms with Crippen LogP contribution in [-0.2, 0) is 14.3 Å². The zero-order valence-electron chi connectivity index (χ0n) is 20.5. The summed E-state index contributed by atoms with van der Waals surface area (Å²) >= 11 is 0. The Morgan fingerprint density at radius 2 is 1.73 bits per heavy atom. The Morgan fingerprint density at radius 3 is 2.17 bits per heavy atom. The van der Waals surface area contributed by atoms with E-state index in [4.69, 9.17) is 9.84 Å². The number of rotatable bonds is 2. The third kappa shape index (κ3) is 6.66. The van der Waals surface area contributed by atoms with E-state index in [1.807, 2.05) is 26.8 Å². The second-order valence-electron chi connectivity index (χ2n) is 8.42. The SMILES string of the molecule is C=C1CCC2C(C)C=CC(=O)C2(C)C1CC(=O)OC.CC.CC1=C(C)CCC1.CO. The topological polar surface area (TPSA) is 63.6 Å². The smallest absolute Gasteiger partial charge is 0.306 e. The average Bonchev–Trinajstić information content (AvgIpc) is 3.13. The summed E-state index contributed by atoms with van der Waals surface area (Å²) in [5, 5.41) is 7.00. The second kappa shape index (κ2) is 13.6. The van der Waals surface area contributed by atoms with E-state index in [-0.39, 0.29) is 24.1 Å². The van der Waals surface area contributed by atoms with Crippen molar-refractivity contribution in [2.75, 3.05) is 14.2 Å². The van der Waals surface area contributed by atoms with Gasteiger partial charge in [-0.15, -0.1) is 0 Å². The lowest BCUT2D eigenvalue weighted by molar-refractivity contribution is -0.145. The summed E-state index contributed by atoms with van der Waals surface area (Å²) in [4.78, 5) is 24.1. The van der Waals surface area contributed by atoms with Crippen LogP contribution in [0, 0.1) is 23.2 Å². The number of carbonyl (C=O) groups excluding carboxylic acids is 2. The molecule has 4 atom stereocenters. The van der Waals surface area contributed by atoms with Crippen LogP contribution in [0.4, 0.5) is 0 Å². The van der Waals surface area contributed by atoms with Gasteiger partial charge in [0.25, 0.3) is 0 Å². The third-order valence-corrected chi connectivity index (χ3v) is 6.91. The van der Waals surface area contributed by atoms with Crippen LogP contribution in [0.5, 0.6) is 0 Å². The maximum absolute atomic E-state index is 12.4. The van der Waals surface area contributed by atoms with Gasteiger partial charge in [0.05, 0.1) is 13.5 Å². The molecule has 4 heteroatoms. The molecule has 0 aromatic heterocycles. The van der Waals surface area contributed by atoms with Gasteiger partial charge in [-0.2, -0.15) is 0 Å². The molecule has 3 aliphatic carbocycles. The van der Waals surface area contributed by atoms with Crippen LogP contribution in [-0.4, -0.2) is 31.1 Å². The van der Waals surface area contributed by atoms with Crippen molar-refractivity contribution in [3.05, 3.63) is 35.5 Å². The first-order chi connectivity index (χ1) is 14.2. The number of ketones is 1. The van der Waals surface area contributed by atoms with Crippen LogP contribution in [0.1, 0.15) is 80.1 Å². The lowest BCUT2D eigenvalue weighted by Gasteiger charge is -2.50. The minimum Gasteiger partial charge on any atom is -0.469 e. The number of carbonyl (C=O) groups is 2. The molecule has 0 heterocycles. The van der Waals surface area contributed by atoms with Crippen molar-refractivity contribution in [3.63, 3.8) is 0 Å². The standard InChI is InChI=1S/C16H22O3.C7H12.C2H6.CH4O/c1-10-6-8-14(17)16(3)12(10)7-5-11(2)13(16)9-15(18)19-4;1-6-4-3-5-7(6)2;2*1-2/h6,8,10,12-13H,2,5,7,9H2,1,3-4H3;3-5H2,1-2H3;1-2H3;2H,1H3. The first-order valence-corrected chi connectivity index (χ1v) is 11.3. The monoisotopic (exact) mass is 420 g/mol. The Morgan fingerprint density at radius 1 is 1.20 bits per heavy atom. The van der Waals surface area contributed by atoms with Crippen LogP contribution in [0.15, 0.2) is 35.5 Å². The number of aliphatic hydroxyl groups excluding tert-OH is 1. The number of esters is 1. The molecule has 0 amide bonds. The predicted molar refractivity (Wildman–Crippen MR) is 125 cm³/mol. The summed E-state index contributed by atoms with van der Waals surface area (Å²) < 4.78 is 4.78. The zero-order chi connectivity index (χ0) is 23.5. The van der Waals surface area contributed by atoms with Gasteiger partial charge in [0.2, 0.25) is 0 Å². The Balaban J connectivity index is 0.000000636. The second-order valence-corrected chi connectivity index (χ2v) is 8.42. The summed E-state index contributed by atoms with van der Waals surface area (Å²) in [6, 6.07) is 0. The van der Waals surface area contributed by atoms with E-state index in [1.54, 1.807) is 17.2 Å². The summed E-state index contributed by atoms with van der Waals surface area (Å²) in [5.74, 6) is 0.438. The van der Waals surface area contributed by atoms with Crippen molar-refractivity contribution in [2.24, 2.45) is 23.2 Å². The van der Waals surface area contributed by atoms with Gasteiger partial charge in [-0.25, -0.2) is 0 Å². The maximum atomic E-state index is 12.4. The minimum atomic E-state index is -0.502. The van der Waals surface area contributed by atoms with Gasteiger partial charge in [-0.3, -0.25) is 9.59 Å². The van der Waals surface area contributed by atoms with Gasteiger partial charge in [0.1, 0.15) is 0 Å². The largest absolute Gasteiger partial charge is 0.469 e. The van der Waals surface area contributed by atoms with Crippen LogP contribution >= 0.6 is 0 Å². The van der Waals surface area contributed by atoms with E-state index in [0.29, 0.717) is 11.8 Å². The Labute approximate surface area is 184 Å². The van der Waals surface area contributed by atoms with Crippen molar-refractivity contribution in [1.29, 1.82) is 0 Å². The number of aliphatic hydroxyl groups is 1. The van der Waals surface area contributed by atoms with Crippen molar-refractivity contribution in [1.82, 2.24) is 0 Å². The van der Waals surface area contributed by atoms with Gasteiger partial charge in [-0.1, -0.05) is 57.1 Å². The molecule has 1 N–H and O–H groups in total. The molecule has 1 saturated carbocycles. The summed E-state index contributed by atoms with van der Waals surface area (Å²) in [6.07, 6.45) is 9.92. The fourth-order valence-electron chi connectivity index (χ4n) is 4.87. The fourth-order valence-corrected chi connectivity index (χ4v) is 4.87. The lowest BCUT2D eigenvalue weighted by Crippen LogP contribution is -2.50. The highest BCUT2D eigenvalue weighted by atomic mass is 16.5. The Kier molecular flexibility index (Phi) is 12.8. The molecule has 3 aliphatic rings. The molecule has 0 saturated heterocycles. The Hall–Kier alpha value is -1.68. The van der Waals surface area contributed by atoms with Gasteiger partial charge in [0, 0.05) is 18.4 Å². The molecule has 3 rings (SSSR count). The molecule has 4 unspecified atom stereocenters. The van der Waals surface area contributed by atoms with E-state index >= 15 is 0 Å². The lowest BCUT2D eigenvalue weighted by atomic mass is 9.52. The van der Waals surface area contributed by atoms with Crippen molar-refractivity contribution in [2.45, 2.75) is 80.1 Å². The third-order valence-electron chi connectivity index (χ3n) is 6.91. The summed E-state index contributed by atoms with van der Waals surface area (Å²) in [7, 11) is 2.39. The van der Waals surface area contributed by atoms with Gasteiger partial charge in [-0.05, 0) is 63.9 Å². The highest BCUT2D eigenvalue weighted by Gasteiger charge is 2.53. The molecule has 0 aliphatic heterocycles. The molecular weight excluding hydrogens is 376 g/mol. The molecule has 4 nitrogen and oxygen atoms in total. The highest BCUT2D eigenvalue weighted by molar-refractivity contribution is 5.97. The van der Waals surface area contributed by atoms with Crippen LogP contribution < -0.4 is 0 Å². The van der Waals surface area contributed by atoms with Gasteiger partial charge < -0.3 is 9.84 Å². The molecule has 0 aromatic rings. The molecule has 0 aromatic carbocycles. The van der Waals surface area contributed by atoms with Gasteiger partial charge in [0.15, 0.2) is 5.78 Å². The average molecular weight is 421 g/mol. The van der Waals surface area contributed by atoms with Crippen LogP contribution in [0.25, 0.3) is 0 Å². The van der Waals surface area contributed by atoms with Gasteiger partial charge >= 0.3 is 5.97 Å². The summed E-state index contributed by atoms with van der Waals surface area (Å²) in [6.45, 7) is 16.7. The van der Waals surface area contributed by atoms with E-state index in [9.17, 15) is 9.59 Å². The molecule has 1 fully saturated rings. The van der Waals surface area contributed by atoms with Crippen LogP contribution in [0.3, 0.4) is 0 Å². The number of hydrogen-bond donors (Lipinski definition) is 1. The fraction of sp³-hybridized carbons (Fsp3) is 0.692. The van der Waals surface area contributed by atoms with Crippen molar-refractivity contribution < 1.29 is 19.4 Å². The van der Waals surface area contributed by atoms with Crippen LogP contribution in [0.2, 0.25) is 0 Å². The van der Waals surface area contributed by atoms with E-state index in [1.165, 1.54) is 26.4 Å². The molecule has 0 bridgehead atoms. The Bertz CT molecular complexity index is 631. The predicted octanol–water partition coefficient (Wildman–Crippen LogP) is 6.05. The number of hydrogen-bond acceptors (Lipinski definition) is 4. The van der Waals surface area contributed by atoms with Crippen molar-refractivity contribution >= 4 is 11.8 Å². The number of ether oxygens (including phenoxy) is 1. The van der Waals surface area contributed by atoms with E-state index in [2.05, 4.69) is 27.4 Å². The van der Waals surface area contributed by atoms with E-state index < -0.39 is 5.41 Å². The highest BCUT2D eigenvalue weighted by Crippen LogP contribution is 2.54. The summed E-state index contributed by atoms with van der Waals surface area (Å²) in [5.41, 5.74) is 3.76. The molecule has 0 spiro atoms. The molecule has 30 heavy (non-hydrogen) atoms. The molecule has 0 radical (unpaired) electrons. The molecular formula is C26H44O4. The van der Waals surface area contributed by atoms with E-state index in [0.717, 1.165) is 25.5 Å². The number of methoxy groups -OCH3 is 1. The number of allylic oxidation sites excluding steroid dienone is 5. The minimum absolute atomic E-state index is 0.0985. The normalized spacial score (nSPS) is 29.4. The maximum Gasteiger partial charge on any atom is 0.306 e.